The maximum atomic E-state index is 12.5. The first kappa shape index (κ1) is 22.8. The van der Waals surface area contributed by atoms with Crippen molar-refractivity contribution in [3.05, 3.63) is 62.1 Å². The van der Waals surface area contributed by atoms with E-state index in [1.807, 2.05) is 22.6 Å². The number of carbonyl (C=O) groups excluding carboxylic acids is 4. The van der Waals surface area contributed by atoms with E-state index in [4.69, 9.17) is 9.47 Å². The highest BCUT2D eigenvalue weighted by atomic mass is 127. The van der Waals surface area contributed by atoms with Crippen LogP contribution in [0.3, 0.4) is 0 Å². The van der Waals surface area contributed by atoms with Gasteiger partial charge in [0.15, 0.2) is 11.5 Å². The van der Waals surface area contributed by atoms with E-state index >= 15 is 0 Å². The number of benzene rings is 2. The smallest absolute Gasteiger partial charge is 0.343 e. The van der Waals surface area contributed by atoms with Crippen LogP contribution in [0.25, 0.3) is 6.08 Å². The topological polar surface area (TPSA) is 99.2 Å². The second-order valence-corrected chi connectivity index (χ2v) is 8.29. The van der Waals surface area contributed by atoms with Gasteiger partial charge in [-0.2, -0.15) is 0 Å². The van der Waals surface area contributed by atoms with Gasteiger partial charge in [-0.25, -0.2) is 4.79 Å². The molecule has 0 saturated carbocycles. The van der Waals surface area contributed by atoms with Crippen molar-refractivity contribution in [1.29, 1.82) is 0 Å². The Morgan fingerprint density at radius 1 is 1.13 bits per heavy atom. The SMILES string of the molecule is COC(=O)CN1C(=O)S/C(=C\c2cc(I)c(OC(=O)c3ccccc3)c(OC)c2)C1=O. The molecule has 0 bridgehead atoms. The van der Waals surface area contributed by atoms with E-state index < -0.39 is 29.6 Å². The van der Waals surface area contributed by atoms with Crippen molar-refractivity contribution in [3.8, 4) is 11.5 Å². The number of hydrogen-bond acceptors (Lipinski definition) is 8. The fourth-order valence-corrected chi connectivity index (χ4v) is 4.20. The van der Waals surface area contributed by atoms with E-state index in [0.717, 1.165) is 16.7 Å². The molecule has 1 aliphatic heterocycles. The Bertz CT molecular complexity index is 1080. The maximum absolute atomic E-state index is 12.5. The van der Waals surface area contributed by atoms with E-state index in [1.54, 1.807) is 42.5 Å². The van der Waals surface area contributed by atoms with Gasteiger partial charge in [-0.15, -0.1) is 0 Å². The summed E-state index contributed by atoms with van der Waals surface area (Å²) in [5, 5.41) is -0.559. The van der Waals surface area contributed by atoms with Crippen LogP contribution in [0.2, 0.25) is 0 Å². The van der Waals surface area contributed by atoms with Crippen LogP contribution in [0.1, 0.15) is 15.9 Å². The molecule has 10 heteroatoms. The normalized spacial score (nSPS) is 14.7. The summed E-state index contributed by atoms with van der Waals surface area (Å²) in [7, 11) is 2.61. The zero-order valence-corrected chi connectivity index (χ0v) is 19.4. The van der Waals surface area contributed by atoms with Crippen molar-refractivity contribution in [1.82, 2.24) is 4.90 Å². The highest BCUT2D eigenvalue weighted by molar-refractivity contribution is 14.1. The maximum Gasteiger partial charge on any atom is 0.343 e. The Morgan fingerprint density at radius 3 is 2.48 bits per heavy atom. The lowest BCUT2D eigenvalue weighted by molar-refractivity contribution is -0.143. The molecule has 3 rings (SSSR count). The number of nitrogens with zero attached hydrogens (tertiary/aromatic N) is 1. The molecule has 0 radical (unpaired) electrons. The number of methoxy groups -OCH3 is 2. The highest BCUT2D eigenvalue weighted by Crippen LogP contribution is 2.37. The molecule has 1 heterocycles. The summed E-state index contributed by atoms with van der Waals surface area (Å²) in [6.45, 7) is -0.451. The fraction of sp³-hybridized carbons (Fsp3) is 0.143. The van der Waals surface area contributed by atoms with E-state index in [9.17, 15) is 19.2 Å². The number of thioether (sulfide) groups is 1. The predicted molar refractivity (Wildman–Crippen MR) is 122 cm³/mol. The number of esters is 2. The molecular weight excluding hydrogens is 537 g/mol. The van der Waals surface area contributed by atoms with Gasteiger partial charge in [-0.3, -0.25) is 19.3 Å². The standard InChI is InChI=1S/C21H16INO7S/c1-28-15-9-12(10-16-19(25)23(21(27)31-16)11-17(24)29-2)8-14(22)18(15)30-20(26)13-6-4-3-5-7-13/h3-10H,11H2,1-2H3/b16-10-. The van der Waals surface area contributed by atoms with Gasteiger partial charge in [0.1, 0.15) is 6.54 Å². The van der Waals surface area contributed by atoms with Gasteiger partial charge in [0, 0.05) is 0 Å². The average Bonchev–Trinajstić information content (AvgIpc) is 3.02. The van der Waals surface area contributed by atoms with Crippen LogP contribution in [0.5, 0.6) is 11.5 Å². The fourth-order valence-electron chi connectivity index (χ4n) is 2.63. The molecule has 1 fully saturated rings. The van der Waals surface area contributed by atoms with Crippen LogP contribution in [-0.4, -0.2) is 48.7 Å². The highest BCUT2D eigenvalue weighted by Gasteiger charge is 2.36. The minimum absolute atomic E-state index is 0.154. The van der Waals surface area contributed by atoms with Crippen LogP contribution in [0.4, 0.5) is 4.79 Å². The minimum Gasteiger partial charge on any atom is -0.493 e. The molecule has 0 unspecified atom stereocenters. The molecule has 0 N–H and O–H groups in total. The number of amides is 2. The van der Waals surface area contributed by atoms with Crippen molar-refractivity contribution in [3.63, 3.8) is 0 Å². The molecule has 2 aromatic rings. The zero-order chi connectivity index (χ0) is 22.5. The average molecular weight is 553 g/mol. The molecule has 1 aliphatic rings. The van der Waals surface area contributed by atoms with E-state index in [2.05, 4.69) is 4.74 Å². The summed E-state index contributed by atoms with van der Waals surface area (Å²) in [5.41, 5.74) is 0.952. The van der Waals surface area contributed by atoms with Crippen molar-refractivity contribution in [2.24, 2.45) is 0 Å². The van der Waals surface area contributed by atoms with Gasteiger partial charge in [0.25, 0.3) is 11.1 Å². The molecular formula is C21H16INO7S. The van der Waals surface area contributed by atoms with Crippen LogP contribution < -0.4 is 9.47 Å². The summed E-state index contributed by atoms with van der Waals surface area (Å²) >= 11 is 2.71. The molecule has 0 aromatic heterocycles. The first-order valence-corrected chi connectivity index (χ1v) is 10.7. The van der Waals surface area contributed by atoms with E-state index in [0.29, 0.717) is 14.7 Å². The Hall–Kier alpha value is -2.86. The quantitative estimate of drug-likeness (QED) is 0.231. The Labute approximate surface area is 195 Å². The number of ether oxygens (including phenoxy) is 3. The second-order valence-electron chi connectivity index (χ2n) is 6.13. The molecule has 1 saturated heterocycles. The molecule has 0 atom stereocenters. The van der Waals surface area contributed by atoms with Crippen molar-refractivity contribution < 1.29 is 33.4 Å². The molecule has 0 spiro atoms. The summed E-state index contributed by atoms with van der Waals surface area (Å²) in [4.78, 5) is 49.4. The zero-order valence-electron chi connectivity index (χ0n) is 16.4. The van der Waals surface area contributed by atoms with Crippen molar-refractivity contribution in [2.75, 3.05) is 20.8 Å². The van der Waals surface area contributed by atoms with E-state index in [1.165, 1.54) is 20.3 Å². The molecule has 8 nitrogen and oxygen atoms in total. The second kappa shape index (κ2) is 9.96. The predicted octanol–water partition coefficient (Wildman–Crippen LogP) is 3.73. The summed E-state index contributed by atoms with van der Waals surface area (Å²) in [6, 6.07) is 11.8. The van der Waals surface area contributed by atoms with Crippen LogP contribution >= 0.6 is 34.4 Å². The molecule has 2 amide bonds. The van der Waals surface area contributed by atoms with Gasteiger partial charge in [0.2, 0.25) is 0 Å². The Morgan fingerprint density at radius 2 is 1.84 bits per heavy atom. The van der Waals surface area contributed by atoms with Gasteiger partial charge in [-0.05, 0) is 70.3 Å². The van der Waals surface area contributed by atoms with Gasteiger partial charge in [0.05, 0.1) is 28.3 Å². The minimum atomic E-state index is -0.690. The number of imide groups is 1. The summed E-state index contributed by atoms with van der Waals surface area (Å²) < 4.78 is 16.0. The molecule has 2 aromatic carbocycles. The number of carbonyl (C=O) groups is 4. The van der Waals surface area contributed by atoms with Gasteiger partial charge >= 0.3 is 11.9 Å². The number of rotatable bonds is 6. The van der Waals surface area contributed by atoms with Crippen LogP contribution in [0, 0.1) is 3.57 Å². The largest absolute Gasteiger partial charge is 0.493 e. The van der Waals surface area contributed by atoms with Gasteiger partial charge < -0.3 is 14.2 Å². The lowest BCUT2D eigenvalue weighted by atomic mass is 10.1. The number of halogens is 1. The third-order valence-corrected chi connectivity index (χ3v) is 5.85. The molecule has 160 valence electrons. The number of hydrogen-bond donors (Lipinski definition) is 0. The third-order valence-electron chi connectivity index (χ3n) is 4.14. The van der Waals surface area contributed by atoms with Crippen LogP contribution in [-0.2, 0) is 14.3 Å². The molecule has 0 aliphatic carbocycles. The lowest BCUT2D eigenvalue weighted by Crippen LogP contribution is -2.34. The Kier molecular flexibility index (Phi) is 7.33. The third kappa shape index (κ3) is 5.25. The first-order chi connectivity index (χ1) is 14.8. The summed E-state index contributed by atoms with van der Waals surface area (Å²) in [6.07, 6.45) is 1.51. The Balaban J connectivity index is 1.86. The van der Waals surface area contributed by atoms with Gasteiger partial charge in [-0.1, -0.05) is 18.2 Å². The van der Waals surface area contributed by atoms with E-state index in [-0.39, 0.29) is 16.4 Å². The first-order valence-electron chi connectivity index (χ1n) is 8.81. The van der Waals surface area contributed by atoms with Crippen LogP contribution in [0.15, 0.2) is 47.4 Å². The van der Waals surface area contributed by atoms with Crippen molar-refractivity contribution >= 4 is 63.5 Å². The van der Waals surface area contributed by atoms with Crippen molar-refractivity contribution in [2.45, 2.75) is 0 Å². The molecule has 31 heavy (non-hydrogen) atoms. The summed E-state index contributed by atoms with van der Waals surface area (Å²) in [5.74, 6) is -1.28. The monoisotopic (exact) mass is 553 g/mol. The lowest BCUT2D eigenvalue weighted by Gasteiger charge is -2.12.